The Labute approximate surface area is 120 Å². The first-order chi connectivity index (χ1) is 9.95. The van der Waals surface area contributed by atoms with Gasteiger partial charge in [0.25, 0.3) is 0 Å². The van der Waals surface area contributed by atoms with Crippen LogP contribution in [-0.4, -0.2) is 23.5 Å². The summed E-state index contributed by atoms with van der Waals surface area (Å²) >= 11 is 0. The maximum Gasteiger partial charge on any atom is 0.243 e. The highest BCUT2D eigenvalue weighted by molar-refractivity contribution is 7.89. The van der Waals surface area contributed by atoms with Crippen LogP contribution in [0.2, 0.25) is 0 Å². The van der Waals surface area contributed by atoms with Crippen molar-refractivity contribution in [2.24, 2.45) is 0 Å². The number of aryl methyl sites for hydroxylation is 1. The van der Waals surface area contributed by atoms with Gasteiger partial charge in [-0.05, 0) is 18.2 Å². The average Bonchev–Trinajstić information content (AvgIpc) is 3.02. The first kappa shape index (κ1) is 13.6. The van der Waals surface area contributed by atoms with Gasteiger partial charge in [0, 0.05) is 29.7 Å². The standard InChI is InChI=1S/C12H13N5O3S/c1-7-16-12(17-20-7)6-15-21(18,19)11-5-14-10-3-2-8(13)4-9(10)11/h2-5,14-15H,6,13H2,1H3. The number of nitrogen functional groups attached to an aromatic ring is 1. The van der Waals surface area contributed by atoms with Crippen LogP contribution < -0.4 is 10.5 Å². The lowest BCUT2D eigenvalue weighted by atomic mass is 10.2. The summed E-state index contributed by atoms with van der Waals surface area (Å²) in [6.45, 7) is 1.59. The van der Waals surface area contributed by atoms with Crippen molar-refractivity contribution >= 4 is 26.6 Å². The number of rotatable bonds is 4. The van der Waals surface area contributed by atoms with Crippen LogP contribution in [0.25, 0.3) is 10.9 Å². The number of nitrogens with zero attached hydrogens (tertiary/aromatic N) is 2. The average molecular weight is 307 g/mol. The van der Waals surface area contributed by atoms with Crippen LogP contribution >= 0.6 is 0 Å². The minimum Gasteiger partial charge on any atom is -0.399 e. The number of H-pyrrole nitrogens is 1. The van der Waals surface area contributed by atoms with E-state index >= 15 is 0 Å². The van der Waals surface area contributed by atoms with Crippen LogP contribution in [0.4, 0.5) is 5.69 Å². The van der Waals surface area contributed by atoms with Gasteiger partial charge in [-0.2, -0.15) is 4.98 Å². The summed E-state index contributed by atoms with van der Waals surface area (Å²) in [5.41, 5.74) is 6.89. The molecule has 2 aromatic heterocycles. The van der Waals surface area contributed by atoms with Gasteiger partial charge in [-0.25, -0.2) is 13.1 Å². The minimum absolute atomic E-state index is 0.0470. The maximum absolute atomic E-state index is 12.3. The van der Waals surface area contributed by atoms with Gasteiger partial charge in [-0.1, -0.05) is 5.16 Å². The highest BCUT2D eigenvalue weighted by atomic mass is 32.2. The van der Waals surface area contributed by atoms with Crippen LogP contribution in [-0.2, 0) is 16.6 Å². The number of aromatic amines is 1. The molecule has 3 rings (SSSR count). The Morgan fingerprint density at radius 1 is 1.43 bits per heavy atom. The molecule has 0 saturated heterocycles. The lowest BCUT2D eigenvalue weighted by Crippen LogP contribution is -2.23. The molecule has 21 heavy (non-hydrogen) atoms. The molecule has 0 fully saturated rings. The third-order valence-electron chi connectivity index (χ3n) is 2.95. The van der Waals surface area contributed by atoms with E-state index in [1.807, 2.05) is 0 Å². The lowest BCUT2D eigenvalue weighted by Gasteiger charge is -2.03. The molecule has 4 N–H and O–H groups in total. The molecule has 0 spiro atoms. The van der Waals surface area contributed by atoms with Gasteiger partial charge in [-0.3, -0.25) is 0 Å². The van der Waals surface area contributed by atoms with Gasteiger partial charge in [0.2, 0.25) is 15.9 Å². The molecule has 0 aliphatic rings. The number of hydrogen-bond acceptors (Lipinski definition) is 6. The summed E-state index contributed by atoms with van der Waals surface area (Å²) in [7, 11) is -3.71. The number of nitrogens with one attached hydrogen (secondary N) is 2. The van der Waals surface area contributed by atoms with E-state index in [-0.39, 0.29) is 17.3 Å². The fourth-order valence-electron chi connectivity index (χ4n) is 1.99. The third-order valence-corrected chi connectivity index (χ3v) is 4.39. The second-order valence-corrected chi connectivity index (χ2v) is 6.25. The molecule has 0 bridgehead atoms. The normalized spacial score (nSPS) is 12.0. The van der Waals surface area contributed by atoms with Crippen molar-refractivity contribution in [3.8, 4) is 0 Å². The predicted molar refractivity (Wildman–Crippen MR) is 75.8 cm³/mol. The van der Waals surface area contributed by atoms with E-state index in [0.29, 0.717) is 22.5 Å². The van der Waals surface area contributed by atoms with E-state index in [4.69, 9.17) is 10.3 Å². The Kier molecular flexibility index (Phi) is 3.15. The van der Waals surface area contributed by atoms with Crippen LogP contribution in [0.1, 0.15) is 11.7 Å². The van der Waals surface area contributed by atoms with Crippen molar-refractivity contribution in [3.05, 3.63) is 36.1 Å². The van der Waals surface area contributed by atoms with Crippen LogP contribution in [0.5, 0.6) is 0 Å². The maximum atomic E-state index is 12.3. The van der Waals surface area contributed by atoms with Crippen molar-refractivity contribution in [1.82, 2.24) is 19.8 Å². The summed E-state index contributed by atoms with van der Waals surface area (Å²) in [4.78, 5) is 6.97. The molecule has 8 nitrogen and oxygen atoms in total. The molecule has 3 aromatic rings. The van der Waals surface area contributed by atoms with Crippen molar-refractivity contribution < 1.29 is 12.9 Å². The van der Waals surface area contributed by atoms with Gasteiger partial charge in [-0.15, -0.1) is 0 Å². The van der Waals surface area contributed by atoms with Crippen molar-refractivity contribution in [3.63, 3.8) is 0 Å². The highest BCUT2D eigenvalue weighted by Crippen LogP contribution is 2.24. The SMILES string of the molecule is Cc1nc(CNS(=O)(=O)c2c[nH]c3ccc(N)cc23)no1. The molecule has 9 heteroatoms. The van der Waals surface area contributed by atoms with E-state index in [2.05, 4.69) is 19.8 Å². The first-order valence-corrected chi connectivity index (χ1v) is 7.59. The molecule has 0 radical (unpaired) electrons. The molecule has 0 saturated carbocycles. The molecule has 0 atom stereocenters. The van der Waals surface area contributed by atoms with Gasteiger partial charge < -0.3 is 15.2 Å². The molecule has 1 aromatic carbocycles. The second-order valence-electron chi connectivity index (χ2n) is 4.51. The molecule has 2 heterocycles. The first-order valence-electron chi connectivity index (χ1n) is 6.11. The highest BCUT2D eigenvalue weighted by Gasteiger charge is 2.19. The van der Waals surface area contributed by atoms with Crippen LogP contribution in [0.3, 0.4) is 0 Å². The number of aromatic nitrogens is 3. The zero-order valence-corrected chi connectivity index (χ0v) is 11.9. The quantitative estimate of drug-likeness (QED) is 0.615. The van der Waals surface area contributed by atoms with E-state index < -0.39 is 10.0 Å². The molecular formula is C12H13N5O3S. The Bertz CT molecular complexity index is 897. The molecule has 0 aliphatic heterocycles. The van der Waals surface area contributed by atoms with Crippen molar-refractivity contribution in [2.45, 2.75) is 18.4 Å². The summed E-state index contributed by atoms with van der Waals surface area (Å²) in [6.07, 6.45) is 1.42. The Hall–Kier alpha value is -2.39. The van der Waals surface area contributed by atoms with Crippen molar-refractivity contribution in [1.29, 1.82) is 0 Å². The summed E-state index contributed by atoms with van der Waals surface area (Å²) in [5.74, 6) is 0.652. The number of benzene rings is 1. The van der Waals surface area contributed by atoms with Gasteiger partial charge in [0.1, 0.15) is 4.90 Å². The number of fused-ring (bicyclic) bond motifs is 1. The number of hydrogen-bond donors (Lipinski definition) is 3. The summed E-state index contributed by atoms with van der Waals surface area (Å²) in [6, 6.07) is 5.04. The molecule has 110 valence electrons. The minimum atomic E-state index is -3.71. The molecule has 0 amide bonds. The van der Waals surface area contributed by atoms with Crippen LogP contribution in [0.15, 0.2) is 33.8 Å². The Morgan fingerprint density at radius 2 is 2.24 bits per heavy atom. The van der Waals surface area contributed by atoms with E-state index in [0.717, 1.165) is 0 Å². The smallest absolute Gasteiger partial charge is 0.243 e. The number of anilines is 1. The second kappa shape index (κ2) is 4.86. The number of nitrogens with two attached hydrogens (primary N) is 1. The summed E-state index contributed by atoms with van der Waals surface area (Å²) < 4.78 is 31.9. The van der Waals surface area contributed by atoms with Gasteiger partial charge >= 0.3 is 0 Å². The Morgan fingerprint density at radius 3 is 2.95 bits per heavy atom. The van der Waals surface area contributed by atoms with Gasteiger partial charge in [0.15, 0.2) is 5.82 Å². The third kappa shape index (κ3) is 2.60. The largest absolute Gasteiger partial charge is 0.399 e. The predicted octanol–water partition coefficient (Wildman–Crippen LogP) is 0.920. The lowest BCUT2D eigenvalue weighted by molar-refractivity contribution is 0.387. The zero-order valence-electron chi connectivity index (χ0n) is 11.1. The molecule has 0 aliphatic carbocycles. The molecule has 0 unspecified atom stereocenters. The van der Waals surface area contributed by atoms with E-state index in [1.54, 1.807) is 25.1 Å². The number of sulfonamides is 1. The fraction of sp³-hybridized carbons (Fsp3) is 0.167. The van der Waals surface area contributed by atoms with E-state index in [9.17, 15) is 8.42 Å². The van der Waals surface area contributed by atoms with E-state index in [1.165, 1.54) is 6.20 Å². The van der Waals surface area contributed by atoms with Crippen LogP contribution in [0, 0.1) is 6.92 Å². The topological polar surface area (TPSA) is 127 Å². The zero-order chi connectivity index (χ0) is 15.0. The monoisotopic (exact) mass is 307 g/mol. The fourth-order valence-corrected chi connectivity index (χ4v) is 3.13. The van der Waals surface area contributed by atoms with Gasteiger partial charge in [0.05, 0.1) is 6.54 Å². The summed E-state index contributed by atoms with van der Waals surface area (Å²) in [5, 5.41) is 4.17. The molecular weight excluding hydrogens is 294 g/mol. The Balaban J connectivity index is 1.91. The van der Waals surface area contributed by atoms with Crippen molar-refractivity contribution in [2.75, 3.05) is 5.73 Å².